The van der Waals surface area contributed by atoms with Crippen LogP contribution in [0, 0.1) is 0 Å². The largest absolute Gasteiger partial charge is 0.493 e. The Morgan fingerprint density at radius 2 is 2.11 bits per heavy atom. The molecular formula is C20H22N4O4. The SMILES string of the molecule is COc1ccc(-c2ccnc3nc(NCC4CCCO4)[nH]c(=O)c23)cc1OC. The fraction of sp³-hybridized carbons (Fsp3) is 0.350. The van der Waals surface area contributed by atoms with Crippen LogP contribution in [0.4, 0.5) is 5.95 Å². The van der Waals surface area contributed by atoms with Gasteiger partial charge in [0.25, 0.3) is 5.56 Å². The van der Waals surface area contributed by atoms with E-state index in [1.807, 2.05) is 12.1 Å². The van der Waals surface area contributed by atoms with E-state index in [1.54, 1.807) is 32.5 Å². The van der Waals surface area contributed by atoms with Gasteiger partial charge in [0.05, 0.1) is 25.7 Å². The van der Waals surface area contributed by atoms with E-state index in [9.17, 15) is 4.79 Å². The van der Waals surface area contributed by atoms with Crippen LogP contribution in [-0.2, 0) is 4.74 Å². The van der Waals surface area contributed by atoms with Gasteiger partial charge in [-0.25, -0.2) is 4.98 Å². The normalized spacial score (nSPS) is 16.3. The van der Waals surface area contributed by atoms with Crippen molar-refractivity contribution < 1.29 is 14.2 Å². The molecule has 8 nitrogen and oxygen atoms in total. The fourth-order valence-electron chi connectivity index (χ4n) is 3.41. The summed E-state index contributed by atoms with van der Waals surface area (Å²) in [6, 6.07) is 7.30. The van der Waals surface area contributed by atoms with Crippen molar-refractivity contribution in [1.29, 1.82) is 0 Å². The first-order valence-corrected chi connectivity index (χ1v) is 9.16. The molecule has 8 heteroatoms. The molecule has 0 aliphatic carbocycles. The fourth-order valence-corrected chi connectivity index (χ4v) is 3.41. The highest BCUT2D eigenvalue weighted by molar-refractivity contribution is 5.92. The van der Waals surface area contributed by atoms with E-state index in [0.717, 1.165) is 30.6 Å². The van der Waals surface area contributed by atoms with Gasteiger partial charge in [-0.05, 0) is 42.2 Å². The monoisotopic (exact) mass is 382 g/mol. The molecule has 4 rings (SSSR count). The molecule has 1 aliphatic heterocycles. The first-order valence-electron chi connectivity index (χ1n) is 9.16. The van der Waals surface area contributed by atoms with Gasteiger partial charge in [0.15, 0.2) is 17.1 Å². The number of ether oxygens (including phenoxy) is 3. The lowest BCUT2D eigenvalue weighted by molar-refractivity contribution is 0.120. The van der Waals surface area contributed by atoms with Gasteiger partial charge in [-0.2, -0.15) is 4.98 Å². The molecule has 0 radical (unpaired) electrons. The van der Waals surface area contributed by atoms with Crippen molar-refractivity contribution >= 4 is 17.0 Å². The summed E-state index contributed by atoms with van der Waals surface area (Å²) in [7, 11) is 3.16. The summed E-state index contributed by atoms with van der Waals surface area (Å²) in [5.74, 6) is 1.60. The number of aromatic amines is 1. The summed E-state index contributed by atoms with van der Waals surface area (Å²) < 4.78 is 16.3. The van der Waals surface area contributed by atoms with E-state index in [-0.39, 0.29) is 11.7 Å². The van der Waals surface area contributed by atoms with Crippen LogP contribution in [0.1, 0.15) is 12.8 Å². The smallest absolute Gasteiger partial charge is 0.262 e. The Labute approximate surface area is 161 Å². The van der Waals surface area contributed by atoms with E-state index >= 15 is 0 Å². The van der Waals surface area contributed by atoms with Crippen LogP contribution in [0.15, 0.2) is 35.3 Å². The van der Waals surface area contributed by atoms with Gasteiger partial charge < -0.3 is 19.5 Å². The number of aromatic nitrogens is 3. The third-order valence-electron chi connectivity index (χ3n) is 4.82. The Balaban J connectivity index is 1.71. The number of H-pyrrole nitrogens is 1. The average molecular weight is 382 g/mol. The number of methoxy groups -OCH3 is 2. The average Bonchev–Trinajstić information content (AvgIpc) is 3.25. The van der Waals surface area contributed by atoms with E-state index in [1.165, 1.54) is 0 Å². The van der Waals surface area contributed by atoms with E-state index < -0.39 is 0 Å². The Bertz CT molecular complexity index is 1040. The first kappa shape index (κ1) is 18.2. The second-order valence-corrected chi connectivity index (χ2v) is 6.56. The van der Waals surface area contributed by atoms with Gasteiger partial charge in [0, 0.05) is 19.3 Å². The zero-order chi connectivity index (χ0) is 19.5. The van der Waals surface area contributed by atoms with E-state index in [4.69, 9.17) is 14.2 Å². The minimum absolute atomic E-state index is 0.145. The molecule has 1 fully saturated rings. The molecule has 1 saturated heterocycles. The van der Waals surface area contributed by atoms with E-state index in [0.29, 0.717) is 35.0 Å². The van der Waals surface area contributed by atoms with Gasteiger partial charge in [0.2, 0.25) is 5.95 Å². The van der Waals surface area contributed by atoms with Gasteiger partial charge >= 0.3 is 0 Å². The molecular weight excluding hydrogens is 360 g/mol. The molecule has 2 aromatic heterocycles. The highest BCUT2D eigenvalue weighted by Crippen LogP contribution is 2.33. The molecule has 0 bridgehead atoms. The number of pyridine rings is 1. The number of nitrogens with zero attached hydrogens (tertiary/aromatic N) is 2. The number of rotatable bonds is 6. The van der Waals surface area contributed by atoms with Crippen LogP contribution in [0.5, 0.6) is 11.5 Å². The molecule has 1 unspecified atom stereocenters. The van der Waals surface area contributed by atoms with E-state index in [2.05, 4.69) is 20.3 Å². The molecule has 3 heterocycles. The molecule has 0 saturated carbocycles. The van der Waals surface area contributed by atoms with Crippen LogP contribution >= 0.6 is 0 Å². The Morgan fingerprint density at radius 1 is 1.25 bits per heavy atom. The van der Waals surface area contributed by atoms with Crippen molar-refractivity contribution in [3.05, 3.63) is 40.8 Å². The van der Waals surface area contributed by atoms with Crippen LogP contribution in [-0.4, -0.2) is 48.4 Å². The predicted molar refractivity (Wildman–Crippen MR) is 106 cm³/mol. The van der Waals surface area contributed by atoms with Crippen molar-refractivity contribution in [1.82, 2.24) is 15.0 Å². The summed E-state index contributed by atoms with van der Waals surface area (Å²) in [4.78, 5) is 24.4. The second kappa shape index (κ2) is 7.85. The van der Waals surface area contributed by atoms with Gasteiger partial charge in [-0.1, -0.05) is 6.07 Å². The Hall–Kier alpha value is -3.13. The summed E-state index contributed by atoms with van der Waals surface area (Å²) in [5.41, 5.74) is 1.67. The van der Waals surface area contributed by atoms with Gasteiger partial charge in [0.1, 0.15) is 0 Å². The summed E-state index contributed by atoms with van der Waals surface area (Å²) in [5, 5.41) is 3.57. The van der Waals surface area contributed by atoms with Crippen LogP contribution in [0.25, 0.3) is 22.2 Å². The van der Waals surface area contributed by atoms with Gasteiger partial charge in [-0.15, -0.1) is 0 Å². The first-order chi connectivity index (χ1) is 13.7. The molecule has 146 valence electrons. The van der Waals surface area contributed by atoms with Crippen molar-refractivity contribution in [3.8, 4) is 22.6 Å². The quantitative estimate of drug-likeness (QED) is 0.676. The molecule has 0 amide bonds. The summed E-state index contributed by atoms with van der Waals surface area (Å²) in [6.07, 6.45) is 3.86. The van der Waals surface area contributed by atoms with Crippen molar-refractivity contribution in [2.24, 2.45) is 0 Å². The lowest BCUT2D eigenvalue weighted by Gasteiger charge is -2.13. The van der Waals surface area contributed by atoms with Crippen molar-refractivity contribution in [2.45, 2.75) is 18.9 Å². The van der Waals surface area contributed by atoms with Crippen molar-refractivity contribution in [2.75, 3.05) is 32.7 Å². The number of hydrogen-bond donors (Lipinski definition) is 2. The maximum atomic E-state index is 12.8. The molecule has 2 N–H and O–H groups in total. The third-order valence-corrected chi connectivity index (χ3v) is 4.82. The predicted octanol–water partition coefficient (Wildman–Crippen LogP) is 2.59. The number of hydrogen-bond acceptors (Lipinski definition) is 7. The number of nitrogens with one attached hydrogen (secondary N) is 2. The highest BCUT2D eigenvalue weighted by atomic mass is 16.5. The van der Waals surface area contributed by atoms with Crippen LogP contribution < -0.4 is 20.3 Å². The maximum Gasteiger partial charge on any atom is 0.262 e. The highest BCUT2D eigenvalue weighted by Gasteiger charge is 2.17. The topological polar surface area (TPSA) is 98.4 Å². The Kier molecular flexibility index (Phi) is 5.12. The third kappa shape index (κ3) is 3.50. The van der Waals surface area contributed by atoms with Crippen LogP contribution in [0.2, 0.25) is 0 Å². The standard InChI is InChI=1S/C20H22N4O4/c1-26-15-6-5-12(10-16(15)27-2)14-7-8-21-18-17(14)19(25)24-20(23-18)22-11-13-4-3-9-28-13/h5-8,10,13H,3-4,9,11H2,1-2H3,(H2,21,22,23,24,25). The minimum atomic E-state index is -0.252. The van der Waals surface area contributed by atoms with Crippen LogP contribution in [0.3, 0.4) is 0 Å². The maximum absolute atomic E-state index is 12.8. The molecule has 28 heavy (non-hydrogen) atoms. The zero-order valence-electron chi connectivity index (χ0n) is 15.8. The summed E-state index contributed by atoms with van der Waals surface area (Å²) in [6.45, 7) is 1.38. The molecule has 1 aromatic carbocycles. The molecule has 1 aliphatic rings. The van der Waals surface area contributed by atoms with Crippen molar-refractivity contribution in [3.63, 3.8) is 0 Å². The molecule has 0 spiro atoms. The number of fused-ring (bicyclic) bond motifs is 1. The van der Waals surface area contributed by atoms with Gasteiger partial charge in [-0.3, -0.25) is 9.78 Å². The second-order valence-electron chi connectivity index (χ2n) is 6.56. The number of anilines is 1. The molecule has 1 atom stereocenters. The summed E-state index contributed by atoms with van der Waals surface area (Å²) >= 11 is 0. The lowest BCUT2D eigenvalue weighted by Crippen LogP contribution is -2.22. The lowest BCUT2D eigenvalue weighted by atomic mass is 10.0. The molecule has 3 aromatic rings. The number of benzene rings is 1. The Morgan fingerprint density at radius 3 is 2.86 bits per heavy atom. The minimum Gasteiger partial charge on any atom is -0.493 e. The zero-order valence-corrected chi connectivity index (χ0v) is 15.8.